The van der Waals surface area contributed by atoms with Gasteiger partial charge < -0.3 is 15.0 Å². The Kier molecular flexibility index (Phi) is 12.0. The fraction of sp³-hybridized carbons (Fsp3) is 0.533. The Morgan fingerprint density at radius 2 is 1.95 bits per heavy atom. The van der Waals surface area contributed by atoms with Crippen molar-refractivity contribution < 1.29 is 4.74 Å². The van der Waals surface area contributed by atoms with E-state index in [9.17, 15) is 0 Å². The molecule has 0 saturated heterocycles. The van der Waals surface area contributed by atoms with Crippen LogP contribution in [-0.4, -0.2) is 44.2 Å². The summed E-state index contributed by atoms with van der Waals surface area (Å²) in [7, 11) is 2.05. The molecule has 1 rings (SSSR count). The van der Waals surface area contributed by atoms with Crippen molar-refractivity contribution in [3.8, 4) is 0 Å². The van der Waals surface area contributed by atoms with Crippen molar-refractivity contribution in [1.29, 1.82) is 0 Å². The largest absolute Gasteiger partial charge is 0.380 e. The maximum Gasteiger partial charge on any atom is 0.194 e. The van der Waals surface area contributed by atoms with Crippen molar-refractivity contribution >= 4 is 45.9 Å². The molecule has 6 heteroatoms. The summed E-state index contributed by atoms with van der Waals surface area (Å²) in [5.41, 5.74) is 1.26. The monoisotopic (exact) mass is 469 g/mol. The Labute approximate surface area is 153 Å². The predicted molar refractivity (Wildman–Crippen MR) is 103 cm³/mol. The molecule has 0 aliphatic carbocycles. The van der Waals surface area contributed by atoms with Crippen LogP contribution in [0.2, 0.25) is 0 Å². The zero-order valence-corrected chi connectivity index (χ0v) is 16.9. The Morgan fingerprint density at radius 3 is 2.52 bits per heavy atom. The van der Waals surface area contributed by atoms with Crippen LogP contribution in [0, 0.1) is 0 Å². The van der Waals surface area contributed by atoms with E-state index in [4.69, 9.17) is 4.74 Å². The molecule has 0 bridgehead atoms. The van der Waals surface area contributed by atoms with Crippen LogP contribution in [0.3, 0.4) is 0 Å². The minimum absolute atomic E-state index is 0. The summed E-state index contributed by atoms with van der Waals surface area (Å²) in [6.45, 7) is 7.84. The summed E-state index contributed by atoms with van der Waals surface area (Å²) in [6, 6.07) is 8.35. The number of hydrogen-bond acceptors (Lipinski definition) is 2. The average molecular weight is 470 g/mol. The van der Waals surface area contributed by atoms with Gasteiger partial charge in [0, 0.05) is 31.2 Å². The highest BCUT2D eigenvalue weighted by Gasteiger charge is 2.06. The van der Waals surface area contributed by atoms with Crippen LogP contribution < -0.4 is 5.32 Å². The molecule has 0 spiro atoms. The van der Waals surface area contributed by atoms with E-state index in [0.717, 1.165) is 30.1 Å². The standard InChI is InChI=1S/C15H24BrN3O.HI/c1-4-17-15(18-10-11-20-5-2)19(3)12-13-6-8-14(16)9-7-13;/h6-9H,4-5,10-12H2,1-3H3,(H,17,18);1H. The summed E-state index contributed by atoms with van der Waals surface area (Å²) in [5, 5.41) is 3.30. The number of ether oxygens (including phenoxy) is 1. The molecular weight excluding hydrogens is 445 g/mol. The maximum atomic E-state index is 5.31. The van der Waals surface area contributed by atoms with Gasteiger partial charge in [-0.15, -0.1) is 24.0 Å². The highest BCUT2D eigenvalue weighted by Crippen LogP contribution is 2.11. The van der Waals surface area contributed by atoms with E-state index >= 15 is 0 Å². The quantitative estimate of drug-likeness (QED) is 0.287. The molecule has 0 fully saturated rings. The fourth-order valence-electron chi connectivity index (χ4n) is 1.77. The number of guanidine groups is 1. The molecule has 21 heavy (non-hydrogen) atoms. The summed E-state index contributed by atoms with van der Waals surface area (Å²) in [5.74, 6) is 0.912. The molecule has 0 aromatic heterocycles. The maximum absolute atomic E-state index is 5.31. The molecule has 120 valence electrons. The second-order valence-corrected chi connectivity index (χ2v) is 5.33. The van der Waals surface area contributed by atoms with E-state index in [0.29, 0.717) is 13.2 Å². The highest BCUT2D eigenvalue weighted by molar-refractivity contribution is 14.0. The topological polar surface area (TPSA) is 36.9 Å². The first-order chi connectivity index (χ1) is 9.67. The lowest BCUT2D eigenvalue weighted by Crippen LogP contribution is -2.38. The molecule has 1 aromatic carbocycles. The predicted octanol–water partition coefficient (Wildman–Crippen LogP) is 3.50. The first-order valence-corrected chi connectivity index (χ1v) is 7.78. The van der Waals surface area contributed by atoms with Gasteiger partial charge in [0.25, 0.3) is 0 Å². The van der Waals surface area contributed by atoms with Crippen molar-refractivity contribution in [2.75, 3.05) is 33.4 Å². The third-order valence-corrected chi connectivity index (χ3v) is 3.26. The van der Waals surface area contributed by atoms with Gasteiger partial charge in [0.2, 0.25) is 0 Å². The van der Waals surface area contributed by atoms with Crippen LogP contribution in [-0.2, 0) is 11.3 Å². The van der Waals surface area contributed by atoms with Crippen molar-refractivity contribution in [3.63, 3.8) is 0 Å². The number of nitrogens with one attached hydrogen (secondary N) is 1. The summed E-state index contributed by atoms with van der Waals surface area (Å²) in [4.78, 5) is 6.69. The SMILES string of the molecule is CCNC(=NCCOCC)N(C)Cc1ccc(Br)cc1.I. The smallest absolute Gasteiger partial charge is 0.194 e. The Balaban J connectivity index is 0.00000400. The van der Waals surface area contributed by atoms with Gasteiger partial charge in [-0.1, -0.05) is 28.1 Å². The van der Waals surface area contributed by atoms with Crippen LogP contribution in [0.15, 0.2) is 33.7 Å². The van der Waals surface area contributed by atoms with Crippen molar-refractivity contribution in [2.24, 2.45) is 4.99 Å². The van der Waals surface area contributed by atoms with Crippen LogP contribution in [0.25, 0.3) is 0 Å². The third-order valence-electron chi connectivity index (χ3n) is 2.73. The lowest BCUT2D eigenvalue weighted by atomic mass is 10.2. The minimum atomic E-state index is 0. The van der Waals surface area contributed by atoms with Crippen LogP contribution >= 0.6 is 39.9 Å². The first kappa shape index (κ1) is 20.7. The number of halogens is 2. The molecule has 0 aliphatic rings. The molecule has 0 atom stereocenters. The zero-order valence-electron chi connectivity index (χ0n) is 12.9. The highest BCUT2D eigenvalue weighted by atomic mass is 127. The average Bonchev–Trinajstić information content (AvgIpc) is 2.44. The van der Waals surface area contributed by atoms with Gasteiger partial charge in [0.1, 0.15) is 0 Å². The lowest BCUT2D eigenvalue weighted by molar-refractivity contribution is 0.155. The van der Waals surface area contributed by atoms with Crippen LogP contribution in [0.5, 0.6) is 0 Å². The fourth-order valence-corrected chi connectivity index (χ4v) is 2.03. The number of benzene rings is 1. The molecule has 0 heterocycles. The van der Waals surface area contributed by atoms with Gasteiger partial charge in [0.05, 0.1) is 13.2 Å². The molecule has 0 amide bonds. The van der Waals surface area contributed by atoms with Gasteiger partial charge in [-0.25, -0.2) is 0 Å². The van der Waals surface area contributed by atoms with E-state index in [2.05, 4.69) is 62.3 Å². The number of hydrogen-bond donors (Lipinski definition) is 1. The molecule has 0 unspecified atom stereocenters. The Bertz CT molecular complexity index is 412. The third kappa shape index (κ3) is 8.63. The second-order valence-electron chi connectivity index (χ2n) is 4.42. The van der Waals surface area contributed by atoms with E-state index in [1.165, 1.54) is 5.56 Å². The van der Waals surface area contributed by atoms with Gasteiger partial charge in [0.15, 0.2) is 5.96 Å². The molecule has 0 saturated carbocycles. The number of nitrogens with zero attached hydrogens (tertiary/aromatic N) is 2. The van der Waals surface area contributed by atoms with Gasteiger partial charge in [-0.05, 0) is 31.5 Å². The lowest BCUT2D eigenvalue weighted by Gasteiger charge is -2.22. The first-order valence-electron chi connectivity index (χ1n) is 6.99. The van der Waals surface area contributed by atoms with Gasteiger partial charge >= 0.3 is 0 Å². The van der Waals surface area contributed by atoms with E-state index in [1.807, 2.05) is 14.0 Å². The summed E-state index contributed by atoms with van der Waals surface area (Å²) in [6.07, 6.45) is 0. The van der Waals surface area contributed by atoms with Gasteiger partial charge in [-0.3, -0.25) is 4.99 Å². The van der Waals surface area contributed by atoms with Crippen molar-refractivity contribution in [2.45, 2.75) is 20.4 Å². The van der Waals surface area contributed by atoms with Crippen LogP contribution in [0.4, 0.5) is 0 Å². The van der Waals surface area contributed by atoms with E-state index in [1.54, 1.807) is 0 Å². The number of rotatable bonds is 7. The molecule has 0 radical (unpaired) electrons. The van der Waals surface area contributed by atoms with Crippen molar-refractivity contribution in [3.05, 3.63) is 34.3 Å². The summed E-state index contributed by atoms with van der Waals surface area (Å²) >= 11 is 3.45. The molecule has 1 aromatic rings. The molecule has 4 nitrogen and oxygen atoms in total. The summed E-state index contributed by atoms with van der Waals surface area (Å²) < 4.78 is 6.41. The van der Waals surface area contributed by atoms with E-state index < -0.39 is 0 Å². The molecule has 0 aliphatic heterocycles. The second kappa shape index (κ2) is 12.2. The number of aliphatic imine (C=N–C) groups is 1. The minimum Gasteiger partial charge on any atom is -0.380 e. The van der Waals surface area contributed by atoms with Crippen molar-refractivity contribution in [1.82, 2.24) is 10.2 Å². The molecule has 1 N–H and O–H groups in total. The normalized spacial score (nSPS) is 11.0. The van der Waals surface area contributed by atoms with Crippen LogP contribution in [0.1, 0.15) is 19.4 Å². The Hall–Kier alpha value is -0.340. The van der Waals surface area contributed by atoms with E-state index in [-0.39, 0.29) is 24.0 Å². The Morgan fingerprint density at radius 1 is 1.29 bits per heavy atom. The zero-order chi connectivity index (χ0) is 14.8. The van der Waals surface area contributed by atoms with Gasteiger partial charge in [-0.2, -0.15) is 0 Å². The molecular formula is C15H25BrIN3O.